The van der Waals surface area contributed by atoms with Gasteiger partial charge in [0.15, 0.2) is 11.5 Å². The number of anilines is 2. The van der Waals surface area contributed by atoms with Gasteiger partial charge < -0.3 is 29.3 Å². The van der Waals surface area contributed by atoms with Gasteiger partial charge in [0.1, 0.15) is 11.9 Å². The van der Waals surface area contributed by atoms with Crippen molar-refractivity contribution in [2.45, 2.75) is 43.9 Å². The highest BCUT2D eigenvalue weighted by molar-refractivity contribution is 5.89. The van der Waals surface area contributed by atoms with Gasteiger partial charge in [-0.3, -0.25) is 4.90 Å². The van der Waals surface area contributed by atoms with Crippen LogP contribution in [0.1, 0.15) is 42.9 Å². The van der Waals surface area contributed by atoms with Crippen molar-refractivity contribution in [3.05, 3.63) is 77.9 Å². The molecule has 0 radical (unpaired) electrons. The zero-order valence-corrected chi connectivity index (χ0v) is 25.5. The highest BCUT2D eigenvalue weighted by atomic mass is 16.5. The Balaban J connectivity index is 1.19. The number of amides is 2. The molecule has 3 aromatic rings. The smallest absolute Gasteiger partial charge is 0.321 e. The van der Waals surface area contributed by atoms with Gasteiger partial charge in [0.05, 0.1) is 25.9 Å². The quantitative estimate of drug-likeness (QED) is 0.300. The Hall–Kier alpha value is -4.42. The van der Waals surface area contributed by atoms with Crippen molar-refractivity contribution in [3.63, 3.8) is 0 Å². The van der Waals surface area contributed by atoms with Gasteiger partial charge in [0.2, 0.25) is 0 Å². The number of fused-ring (bicyclic) bond motifs is 2. The number of likely N-dealkylation sites (tertiary alicyclic amines) is 1. The molecule has 2 aliphatic rings. The zero-order chi connectivity index (χ0) is 30.3. The average molecular weight is 584 g/mol. The maximum absolute atomic E-state index is 13.1. The molecule has 1 N–H and O–H groups in total. The maximum Gasteiger partial charge on any atom is 0.321 e. The fourth-order valence-electron chi connectivity index (χ4n) is 6.15. The third-order valence-electron chi connectivity index (χ3n) is 8.48. The summed E-state index contributed by atoms with van der Waals surface area (Å²) in [4.78, 5) is 19.7. The molecule has 3 aromatic carbocycles. The van der Waals surface area contributed by atoms with E-state index >= 15 is 0 Å². The minimum Gasteiger partial charge on any atom is -0.493 e. The number of ether oxygens (including phenoxy) is 3. The minimum absolute atomic E-state index is 0.0293. The lowest BCUT2D eigenvalue weighted by atomic mass is 10.0. The Kier molecular flexibility index (Phi) is 9.58. The van der Waals surface area contributed by atoms with Crippen molar-refractivity contribution in [2.75, 3.05) is 58.2 Å². The third-order valence-corrected chi connectivity index (χ3v) is 8.48. The highest BCUT2D eigenvalue weighted by Gasteiger charge is 2.41. The van der Waals surface area contributed by atoms with Crippen LogP contribution in [0.3, 0.4) is 0 Å². The van der Waals surface area contributed by atoms with Crippen molar-refractivity contribution >= 4 is 17.4 Å². The number of carbonyl (C=O) groups is 1. The lowest BCUT2D eigenvalue weighted by molar-refractivity contribution is 0.0813. The minimum atomic E-state index is -0.186. The Morgan fingerprint density at radius 3 is 2.26 bits per heavy atom. The average Bonchev–Trinajstić information content (AvgIpc) is 3.26. The molecule has 9 nitrogen and oxygen atoms in total. The summed E-state index contributed by atoms with van der Waals surface area (Å²) in [5.74, 6) is 1.96. The number of urea groups is 1. The molecule has 226 valence electrons. The molecular formula is C34H41N5O4. The molecule has 43 heavy (non-hydrogen) atoms. The first kappa shape index (κ1) is 30.1. The summed E-state index contributed by atoms with van der Waals surface area (Å²) in [7, 11) is 7.23. The number of rotatable bonds is 11. The Morgan fingerprint density at radius 2 is 1.65 bits per heavy atom. The summed E-state index contributed by atoms with van der Waals surface area (Å²) in [5, 5.41) is 12.3. The third kappa shape index (κ3) is 7.15. The van der Waals surface area contributed by atoms with Crippen molar-refractivity contribution < 1.29 is 19.0 Å². The molecule has 0 spiro atoms. The van der Waals surface area contributed by atoms with E-state index in [1.54, 1.807) is 14.2 Å². The molecule has 3 unspecified atom stereocenters. The Labute approximate surface area is 254 Å². The van der Waals surface area contributed by atoms with Gasteiger partial charge in [-0.25, -0.2) is 4.79 Å². The van der Waals surface area contributed by atoms with E-state index in [4.69, 9.17) is 14.2 Å². The van der Waals surface area contributed by atoms with Gasteiger partial charge in [0.25, 0.3) is 0 Å². The molecule has 5 rings (SSSR count). The molecule has 2 amide bonds. The largest absolute Gasteiger partial charge is 0.493 e. The summed E-state index contributed by atoms with van der Waals surface area (Å²) >= 11 is 0. The van der Waals surface area contributed by atoms with E-state index in [0.29, 0.717) is 34.9 Å². The van der Waals surface area contributed by atoms with Gasteiger partial charge >= 0.3 is 6.03 Å². The van der Waals surface area contributed by atoms with E-state index in [-0.39, 0.29) is 12.1 Å². The topological polar surface area (TPSA) is 90.3 Å². The first-order chi connectivity index (χ1) is 20.9. The van der Waals surface area contributed by atoms with E-state index < -0.39 is 0 Å². The lowest BCUT2D eigenvalue weighted by Gasteiger charge is -2.41. The Morgan fingerprint density at radius 1 is 0.977 bits per heavy atom. The summed E-state index contributed by atoms with van der Waals surface area (Å²) in [6.07, 6.45) is 3.77. The number of nitrogens with zero attached hydrogens (tertiary/aromatic N) is 4. The molecule has 2 saturated heterocycles. The summed E-state index contributed by atoms with van der Waals surface area (Å²) < 4.78 is 17.4. The van der Waals surface area contributed by atoms with Gasteiger partial charge in [-0.15, -0.1) is 0 Å². The molecule has 2 aliphatic heterocycles. The number of benzene rings is 3. The van der Waals surface area contributed by atoms with Crippen LogP contribution < -0.4 is 24.4 Å². The summed E-state index contributed by atoms with van der Waals surface area (Å²) in [6.45, 7) is 2.41. The number of methoxy groups -OCH3 is 2. The van der Waals surface area contributed by atoms with Gasteiger partial charge in [-0.2, -0.15) is 5.26 Å². The SMILES string of the molecule is COc1ccc(OC(CCCN2C3CCC2CN(C(=O)Nc2ccc(N(C)C)cc2)C3)c2ccc(C#N)cc2)cc1OC. The van der Waals surface area contributed by atoms with Gasteiger partial charge in [-0.1, -0.05) is 12.1 Å². The van der Waals surface area contributed by atoms with Crippen LogP contribution in [-0.4, -0.2) is 75.9 Å². The molecule has 0 aliphatic carbocycles. The van der Waals surface area contributed by atoms with Gasteiger partial charge in [-0.05, 0) is 86.3 Å². The van der Waals surface area contributed by atoms with Crippen molar-refractivity contribution in [2.24, 2.45) is 0 Å². The van der Waals surface area contributed by atoms with E-state index in [1.807, 2.05) is 90.6 Å². The summed E-state index contributed by atoms with van der Waals surface area (Å²) in [5.41, 5.74) is 3.56. The van der Waals surface area contributed by atoms with Crippen LogP contribution >= 0.6 is 0 Å². The highest BCUT2D eigenvalue weighted by Crippen LogP contribution is 2.35. The number of hydrogen-bond acceptors (Lipinski definition) is 7. The standard InChI is InChI=1S/C34H41N5O4/c1-37(2)27-13-11-26(12-14-27)36-34(40)38-22-28-15-16-29(23-38)39(28)19-5-6-31(25-9-7-24(21-35)8-10-25)43-30-17-18-32(41-3)33(20-30)42-4/h7-14,17-18,20,28-29,31H,5-6,15-16,19,22-23H2,1-4H3,(H,36,40). The van der Waals surface area contributed by atoms with E-state index in [0.717, 1.165) is 62.3 Å². The predicted molar refractivity (Wildman–Crippen MR) is 168 cm³/mol. The lowest BCUT2D eigenvalue weighted by Crippen LogP contribution is -2.56. The molecule has 2 fully saturated rings. The van der Waals surface area contributed by atoms with Crippen molar-refractivity contribution in [3.8, 4) is 23.3 Å². The fraction of sp³-hybridized carbons (Fsp3) is 0.412. The van der Waals surface area contributed by atoms with Crippen LogP contribution in [-0.2, 0) is 0 Å². The number of nitrogens with one attached hydrogen (secondary N) is 1. The molecular weight excluding hydrogens is 542 g/mol. The fourth-order valence-corrected chi connectivity index (χ4v) is 6.15. The molecule has 0 saturated carbocycles. The second kappa shape index (κ2) is 13.7. The predicted octanol–water partition coefficient (Wildman–Crippen LogP) is 5.92. The van der Waals surface area contributed by atoms with Crippen LogP contribution in [0.2, 0.25) is 0 Å². The van der Waals surface area contributed by atoms with E-state index in [2.05, 4.69) is 16.3 Å². The molecule has 2 heterocycles. The van der Waals surface area contributed by atoms with Crippen LogP contribution in [0, 0.1) is 11.3 Å². The Bertz CT molecular complexity index is 1410. The number of nitriles is 1. The molecule has 0 aromatic heterocycles. The van der Waals surface area contributed by atoms with Crippen molar-refractivity contribution in [1.29, 1.82) is 5.26 Å². The second-order valence-electron chi connectivity index (χ2n) is 11.4. The van der Waals surface area contributed by atoms with Crippen LogP contribution in [0.5, 0.6) is 17.2 Å². The number of piperazine rings is 1. The second-order valence-corrected chi connectivity index (χ2v) is 11.4. The number of carbonyl (C=O) groups excluding carboxylic acids is 1. The molecule has 2 bridgehead atoms. The van der Waals surface area contributed by atoms with E-state index in [9.17, 15) is 10.1 Å². The molecule has 9 heteroatoms. The number of hydrogen-bond donors (Lipinski definition) is 1. The van der Waals surface area contributed by atoms with Gasteiger partial charge in [0, 0.05) is 56.7 Å². The zero-order valence-electron chi connectivity index (χ0n) is 25.5. The van der Waals surface area contributed by atoms with Crippen LogP contribution in [0.25, 0.3) is 0 Å². The van der Waals surface area contributed by atoms with Crippen molar-refractivity contribution in [1.82, 2.24) is 9.80 Å². The monoisotopic (exact) mass is 583 g/mol. The normalized spacial score (nSPS) is 18.4. The maximum atomic E-state index is 13.1. The first-order valence-corrected chi connectivity index (χ1v) is 14.9. The molecule has 3 atom stereocenters. The van der Waals surface area contributed by atoms with Crippen LogP contribution in [0.15, 0.2) is 66.7 Å². The van der Waals surface area contributed by atoms with E-state index in [1.165, 1.54) is 0 Å². The van der Waals surface area contributed by atoms with Crippen LogP contribution in [0.4, 0.5) is 16.2 Å². The first-order valence-electron chi connectivity index (χ1n) is 14.9. The summed E-state index contributed by atoms with van der Waals surface area (Å²) in [6, 6.07) is 24.0.